The molecule has 4 rings (SSSR count). The maximum atomic E-state index is 12.8. The average molecular weight is 434 g/mol. The molecule has 0 radical (unpaired) electrons. The Morgan fingerprint density at radius 3 is 2.34 bits per heavy atom. The number of nitrogens with zero attached hydrogens (tertiary/aromatic N) is 2. The van der Waals surface area contributed by atoms with E-state index in [0.29, 0.717) is 31.4 Å². The quantitative estimate of drug-likeness (QED) is 0.591. The number of carbonyl (C=O) groups is 1. The molecule has 6 heteroatoms. The predicted molar refractivity (Wildman–Crippen MR) is 125 cm³/mol. The van der Waals surface area contributed by atoms with E-state index in [-0.39, 0.29) is 17.6 Å². The second-order valence-corrected chi connectivity index (χ2v) is 8.64. The summed E-state index contributed by atoms with van der Waals surface area (Å²) in [5.74, 6) is 0.841. The smallest absolute Gasteiger partial charge is 0.273 e. The highest BCUT2D eigenvalue weighted by molar-refractivity contribution is 5.93. The third-order valence-electron chi connectivity index (χ3n) is 6.01. The van der Waals surface area contributed by atoms with Crippen molar-refractivity contribution in [3.05, 3.63) is 77.0 Å². The summed E-state index contributed by atoms with van der Waals surface area (Å²) in [7, 11) is 0. The van der Waals surface area contributed by atoms with Crippen LogP contribution in [0.25, 0.3) is 11.3 Å². The van der Waals surface area contributed by atoms with Crippen molar-refractivity contribution in [1.82, 2.24) is 15.4 Å². The van der Waals surface area contributed by atoms with Gasteiger partial charge in [-0.25, -0.2) is 0 Å². The van der Waals surface area contributed by atoms with Gasteiger partial charge in [0.05, 0.1) is 19.3 Å². The van der Waals surface area contributed by atoms with Crippen LogP contribution >= 0.6 is 0 Å². The highest BCUT2D eigenvalue weighted by Crippen LogP contribution is 2.25. The maximum Gasteiger partial charge on any atom is 0.273 e. The molecule has 2 heterocycles. The number of benzene rings is 2. The molecule has 0 spiro atoms. The number of ether oxygens (including phenoxy) is 1. The molecule has 2 aromatic carbocycles. The fraction of sp³-hybridized carbons (Fsp3) is 0.385. The Morgan fingerprint density at radius 2 is 1.69 bits per heavy atom. The molecule has 0 unspecified atom stereocenters. The van der Waals surface area contributed by atoms with Crippen molar-refractivity contribution in [2.75, 3.05) is 32.8 Å². The number of nitrogens with one attached hydrogen (secondary N) is 1. The number of amides is 1. The molecule has 3 aromatic rings. The van der Waals surface area contributed by atoms with Gasteiger partial charge in [-0.2, -0.15) is 0 Å². The number of rotatable bonds is 7. The van der Waals surface area contributed by atoms with E-state index in [2.05, 4.69) is 53.5 Å². The van der Waals surface area contributed by atoms with Gasteiger partial charge >= 0.3 is 0 Å². The summed E-state index contributed by atoms with van der Waals surface area (Å²) in [5, 5.41) is 7.05. The summed E-state index contributed by atoms with van der Waals surface area (Å²) in [4.78, 5) is 15.2. The van der Waals surface area contributed by atoms with Crippen LogP contribution in [0.2, 0.25) is 0 Å². The van der Waals surface area contributed by atoms with Crippen LogP contribution in [0.4, 0.5) is 0 Å². The SMILES string of the molecule is Cc1ccc(-c2cc(C(=O)NC[C@H](c3ccc(C(C)C)cc3)N3CCOCC3)no2)cc1. The zero-order valence-corrected chi connectivity index (χ0v) is 19.0. The van der Waals surface area contributed by atoms with E-state index in [4.69, 9.17) is 9.26 Å². The van der Waals surface area contributed by atoms with Gasteiger partial charge in [-0.15, -0.1) is 0 Å². The number of morpholine rings is 1. The van der Waals surface area contributed by atoms with Crippen LogP contribution in [0.5, 0.6) is 0 Å². The van der Waals surface area contributed by atoms with Crippen molar-refractivity contribution in [3.8, 4) is 11.3 Å². The van der Waals surface area contributed by atoms with Crippen molar-refractivity contribution < 1.29 is 14.1 Å². The standard InChI is InChI=1S/C26H31N3O3/c1-18(2)20-8-10-21(11-9-20)24(29-12-14-31-15-13-29)17-27-26(30)23-16-25(32-28-23)22-6-4-19(3)5-7-22/h4-11,16,18,24H,12-15,17H2,1-3H3,(H,27,30)/t24-/m1/s1. The Balaban J connectivity index is 1.46. The summed E-state index contributed by atoms with van der Waals surface area (Å²) in [6, 6.07) is 18.4. The lowest BCUT2D eigenvalue weighted by Gasteiger charge is -2.35. The lowest BCUT2D eigenvalue weighted by Crippen LogP contribution is -2.43. The van der Waals surface area contributed by atoms with Gasteiger partial charge in [-0.05, 0) is 24.0 Å². The van der Waals surface area contributed by atoms with Gasteiger partial charge in [0.15, 0.2) is 11.5 Å². The third-order valence-corrected chi connectivity index (χ3v) is 6.01. The molecule has 1 aromatic heterocycles. The topological polar surface area (TPSA) is 67.6 Å². The zero-order valence-electron chi connectivity index (χ0n) is 19.0. The van der Waals surface area contributed by atoms with E-state index in [1.54, 1.807) is 6.07 Å². The fourth-order valence-electron chi connectivity index (χ4n) is 3.97. The summed E-state index contributed by atoms with van der Waals surface area (Å²) in [5.41, 5.74) is 4.86. The predicted octanol–water partition coefficient (Wildman–Crippen LogP) is 4.58. The van der Waals surface area contributed by atoms with Crippen molar-refractivity contribution in [2.24, 2.45) is 0 Å². The van der Waals surface area contributed by atoms with Gasteiger partial charge in [-0.1, -0.05) is 73.1 Å². The first-order valence-electron chi connectivity index (χ1n) is 11.2. The Kier molecular flexibility index (Phi) is 7.02. The minimum absolute atomic E-state index is 0.0764. The largest absolute Gasteiger partial charge is 0.379 e. The summed E-state index contributed by atoms with van der Waals surface area (Å²) in [6.45, 7) is 10.0. The van der Waals surface area contributed by atoms with E-state index in [9.17, 15) is 4.79 Å². The normalized spacial score (nSPS) is 15.6. The van der Waals surface area contributed by atoms with Crippen molar-refractivity contribution in [2.45, 2.75) is 32.7 Å². The molecule has 32 heavy (non-hydrogen) atoms. The molecule has 0 saturated carbocycles. The lowest BCUT2D eigenvalue weighted by molar-refractivity contribution is 0.0162. The lowest BCUT2D eigenvalue weighted by atomic mass is 9.98. The third kappa shape index (κ3) is 5.26. The van der Waals surface area contributed by atoms with E-state index < -0.39 is 0 Å². The van der Waals surface area contributed by atoms with Crippen molar-refractivity contribution in [3.63, 3.8) is 0 Å². The van der Waals surface area contributed by atoms with Crippen molar-refractivity contribution >= 4 is 5.91 Å². The Hall–Kier alpha value is -2.96. The highest BCUT2D eigenvalue weighted by Gasteiger charge is 2.24. The number of aromatic nitrogens is 1. The van der Waals surface area contributed by atoms with Crippen LogP contribution in [0, 0.1) is 6.92 Å². The molecular formula is C26H31N3O3. The van der Waals surface area contributed by atoms with E-state index >= 15 is 0 Å². The molecule has 168 valence electrons. The molecule has 1 atom stereocenters. The number of hydrogen-bond donors (Lipinski definition) is 1. The second kappa shape index (κ2) is 10.1. The zero-order chi connectivity index (χ0) is 22.5. The van der Waals surface area contributed by atoms with Crippen LogP contribution in [-0.4, -0.2) is 48.8 Å². The molecule has 1 saturated heterocycles. The van der Waals surface area contributed by atoms with Crippen LogP contribution in [0.3, 0.4) is 0 Å². The minimum atomic E-state index is -0.232. The van der Waals surface area contributed by atoms with E-state index in [0.717, 1.165) is 18.7 Å². The first-order valence-corrected chi connectivity index (χ1v) is 11.2. The molecule has 1 aliphatic heterocycles. The summed E-state index contributed by atoms with van der Waals surface area (Å²) in [6.07, 6.45) is 0. The molecule has 1 aliphatic rings. The molecule has 6 nitrogen and oxygen atoms in total. The van der Waals surface area contributed by atoms with Gasteiger partial charge in [0, 0.05) is 31.3 Å². The number of carbonyl (C=O) groups excluding carboxylic acids is 1. The highest BCUT2D eigenvalue weighted by atomic mass is 16.5. The van der Waals surface area contributed by atoms with Crippen LogP contribution in [0.1, 0.15) is 53.0 Å². The molecule has 0 bridgehead atoms. The van der Waals surface area contributed by atoms with E-state index in [1.807, 2.05) is 31.2 Å². The monoisotopic (exact) mass is 433 g/mol. The van der Waals surface area contributed by atoms with Gasteiger partial charge < -0.3 is 14.6 Å². The first kappa shape index (κ1) is 22.2. The average Bonchev–Trinajstić information content (AvgIpc) is 3.31. The molecule has 1 fully saturated rings. The van der Waals surface area contributed by atoms with Crippen LogP contribution in [-0.2, 0) is 4.74 Å². The fourth-order valence-corrected chi connectivity index (χ4v) is 3.97. The van der Waals surface area contributed by atoms with Crippen LogP contribution in [0.15, 0.2) is 59.1 Å². The van der Waals surface area contributed by atoms with Crippen LogP contribution < -0.4 is 5.32 Å². The second-order valence-electron chi connectivity index (χ2n) is 8.64. The van der Waals surface area contributed by atoms with E-state index in [1.165, 1.54) is 16.7 Å². The first-order chi connectivity index (χ1) is 15.5. The van der Waals surface area contributed by atoms with Gasteiger partial charge in [-0.3, -0.25) is 9.69 Å². The van der Waals surface area contributed by atoms with Gasteiger partial charge in [0.1, 0.15) is 0 Å². The van der Waals surface area contributed by atoms with Crippen molar-refractivity contribution in [1.29, 1.82) is 0 Å². The minimum Gasteiger partial charge on any atom is -0.379 e. The Morgan fingerprint density at radius 1 is 1.03 bits per heavy atom. The molecular weight excluding hydrogens is 402 g/mol. The Bertz CT molecular complexity index is 1020. The molecule has 1 amide bonds. The molecule has 0 aliphatic carbocycles. The van der Waals surface area contributed by atoms with Gasteiger partial charge in [0.25, 0.3) is 5.91 Å². The summed E-state index contributed by atoms with van der Waals surface area (Å²) >= 11 is 0. The number of aryl methyl sites for hydroxylation is 1. The maximum absolute atomic E-state index is 12.8. The van der Waals surface area contributed by atoms with Gasteiger partial charge in [0.2, 0.25) is 0 Å². The summed E-state index contributed by atoms with van der Waals surface area (Å²) < 4.78 is 10.9. The molecule has 1 N–H and O–H groups in total. The number of hydrogen-bond acceptors (Lipinski definition) is 5. The Labute approximate surface area is 189 Å².